The Morgan fingerprint density at radius 2 is 1.55 bits per heavy atom. The fourth-order valence-electron chi connectivity index (χ4n) is 3.03. The molecule has 0 saturated carbocycles. The smallest absolute Gasteiger partial charge is 0.257 e. The minimum absolute atomic E-state index is 0.0205. The number of carbonyl (C=O) groups is 2. The number of carbonyl (C=O) groups excluding carboxylic acids is 2. The first-order chi connectivity index (χ1) is 14.7. The molecule has 0 spiro atoms. The molecule has 0 aliphatic carbocycles. The Labute approximate surface area is 187 Å². The summed E-state index contributed by atoms with van der Waals surface area (Å²) in [5, 5.41) is 6.01. The van der Waals surface area contributed by atoms with Crippen LogP contribution < -0.4 is 15.4 Å². The number of halogens is 1. The topological polar surface area (TPSA) is 67.4 Å². The van der Waals surface area contributed by atoms with E-state index in [0.29, 0.717) is 33.3 Å². The zero-order valence-electron chi connectivity index (χ0n) is 18.0. The fraction of sp³-hybridized carbons (Fsp3) is 0.200. The van der Waals surface area contributed by atoms with E-state index >= 15 is 0 Å². The van der Waals surface area contributed by atoms with Gasteiger partial charge in [-0.15, -0.1) is 0 Å². The van der Waals surface area contributed by atoms with Crippen molar-refractivity contribution in [2.75, 3.05) is 17.7 Å². The Kier molecular flexibility index (Phi) is 6.66. The van der Waals surface area contributed by atoms with E-state index in [-0.39, 0.29) is 17.2 Å². The quantitative estimate of drug-likeness (QED) is 0.504. The second kappa shape index (κ2) is 9.23. The number of amides is 2. The molecule has 0 atom stereocenters. The van der Waals surface area contributed by atoms with Crippen LogP contribution in [-0.4, -0.2) is 18.9 Å². The van der Waals surface area contributed by atoms with Crippen molar-refractivity contribution in [3.8, 4) is 5.75 Å². The van der Waals surface area contributed by atoms with E-state index in [4.69, 9.17) is 16.3 Å². The van der Waals surface area contributed by atoms with Gasteiger partial charge in [-0.1, -0.05) is 56.6 Å². The van der Waals surface area contributed by atoms with Crippen molar-refractivity contribution in [3.05, 3.63) is 88.4 Å². The van der Waals surface area contributed by atoms with Crippen LogP contribution in [0, 0.1) is 0 Å². The molecule has 2 N–H and O–H groups in total. The Morgan fingerprint density at radius 1 is 0.871 bits per heavy atom. The summed E-state index contributed by atoms with van der Waals surface area (Å²) in [5.74, 6) is -0.156. The summed E-state index contributed by atoms with van der Waals surface area (Å²) in [6, 6.07) is 19.4. The van der Waals surface area contributed by atoms with Crippen molar-refractivity contribution in [2.24, 2.45) is 0 Å². The Morgan fingerprint density at radius 3 is 2.16 bits per heavy atom. The van der Waals surface area contributed by atoms with Gasteiger partial charge >= 0.3 is 0 Å². The maximum Gasteiger partial charge on any atom is 0.257 e. The van der Waals surface area contributed by atoms with E-state index < -0.39 is 0 Å². The normalized spacial score (nSPS) is 11.0. The van der Waals surface area contributed by atoms with Crippen LogP contribution in [0.3, 0.4) is 0 Å². The molecule has 2 amide bonds. The molecule has 0 aliphatic heterocycles. The van der Waals surface area contributed by atoms with Crippen LogP contribution in [0.5, 0.6) is 5.75 Å². The molecule has 3 aromatic carbocycles. The molecule has 0 saturated heterocycles. The molecule has 0 aromatic heterocycles. The van der Waals surface area contributed by atoms with Gasteiger partial charge < -0.3 is 15.4 Å². The summed E-state index contributed by atoms with van der Waals surface area (Å²) >= 11 is 6.09. The second-order valence-corrected chi connectivity index (χ2v) is 8.54. The summed E-state index contributed by atoms with van der Waals surface area (Å²) < 4.78 is 5.39. The van der Waals surface area contributed by atoms with E-state index in [0.717, 1.165) is 5.56 Å². The highest BCUT2D eigenvalue weighted by atomic mass is 35.5. The first kappa shape index (κ1) is 22.4. The van der Waals surface area contributed by atoms with Gasteiger partial charge in [-0.2, -0.15) is 0 Å². The average Bonchev–Trinajstić information content (AvgIpc) is 2.74. The molecule has 0 fully saturated rings. The first-order valence-corrected chi connectivity index (χ1v) is 10.2. The largest absolute Gasteiger partial charge is 0.494 e. The van der Waals surface area contributed by atoms with Crippen molar-refractivity contribution in [1.82, 2.24) is 0 Å². The lowest BCUT2D eigenvalue weighted by Crippen LogP contribution is -2.15. The number of rotatable bonds is 5. The molecule has 0 bridgehead atoms. The van der Waals surface area contributed by atoms with E-state index in [1.165, 1.54) is 7.11 Å². The third kappa shape index (κ3) is 5.44. The SMILES string of the molecule is COc1cc(NC(=O)c2ccc(C(C)(C)C)cc2)ccc1NC(=O)c1ccccc1Cl. The van der Waals surface area contributed by atoms with Gasteiger partial charge in [-0.3, -0.25) is 9.59 Å². The summed E-state index contributed by atoms with van der Waals surface area (Å²) in [6.45, 7) is 6.38. The summed E-state index contributed by atoms with van der Waals surface area (Å²) in [6.07, 6.45) is 0. The highest BCUT2D eigenvalue weighted by Gasteiger charge is 2.16. The molecule has 0 unspecified atom stereocenters. The molecule has 3 aromatic rings. The van der Waals surface area contributed by atoms with Gasteiger partial charge in [0.05, 0.1) is 23.4 Å². The van der Waals surface area contributed by atoms with Gasteiger partial charge in [0.2, 0.25) is 0 Å². The average molecular weight is 437 g/mol. The zero-order valence-corrected chi connectivity index (χ0v) is 18.7. The second-order valence-electron chi connectivity index (χ2n) is 8.13. The highest BCUT2D eigenvalue weighted by Crippen LogP contribution is 2.29. The monoisotopic (exact) mass is 436 g/mol. The van der Waals surface area contributed by atoms with Crippen LogP contribution in [0.15, 0.2) is 66.7 Å². The van der Waals surface area contributed by atoms with Crippen LogP contribution in [0.25, 0.3) is 0 Å². The number of nitrogens with one attached hydrogen (secondary N) is 2. The van der Waals surface area contributed by atoms with Gasteiger partial charge in [0, 0.05) is 17.3 Å². The number of hydrogen-bond acceptors (Lipinski definition) is 3. The third-order valence-corrected chi connectivity index (χ3v) is 5.17. The van der Waals surface area contributed by atoms with Crippen molar-refractivity contribution in [1.29, 1.82) is 0 Å². The fourth-order valence-corrected chi connectivity index (χ4v) is 3.25. The van der Waals surface area contributed by atoms with E-state index in [1.54, 1.807) is 42.5 Å². The van der Waals surface area contributed by atoms with Crippen molar-refractivity contribution < 1.29 is 14.3 Å². The van der Waals surface area contributed by atoms with Gasteiger partial charge in [-0.25, -0.2) is 0 Å². The molecular weight excluding hydrogens is 412 g/mol. The van der Waals surface area contributed by atoms with Crippen LogP contribution in [0.2, 0.25) is 5.02 Å². The summed E-state index contributed by atoms with van der Waals surface area (Å²) in [5.41, 5.74) is 3.12. The lowest BCUT2D eigenvalue weighted by molar-refractivity contribution is 0.101. The van der Waals surface area contributed by atoms with Crippen LogP contribution >= 0.6 is 11.6 Å². The van der Waals surface area contributed by atoms with Crippen LogP contribution in [-0.2, 0) is 5.41 Å². The Bertz CT molecular complexity index is 1100. The highest BCUT2D eigenvalue weighted by molar-refractivity contribution is 6.34. The standard InChI is InChI=1S/C25H25ClN2O3/c1-25(2,3)17-11-9-16(10-12-17)23(29)27-18-13-14-21(22(15-18)31-4)28-24(30)19-7-5-6-8-20(19)26/h5-15H,1-4H3,(H,27,29)(H,28,30). The predicted octanol–water partition coefficient (Wildman–Crippen LogP) is 6.15. The lowest BCUT2D eigenvalue weighted by Gasteiger charge is -2.19. The maximum atomic E-state index is 12.6. The van der Waals surface area contributed by atoms with Gasteiger partial charge in [0.15, 0.2) is 0 Å². The maximum absolute atomic E-state index is 12.6. The van der Waals surface area contributed by atoms with E-state index in [1.807, 2.05) is 24.3 Å². The van der Waals surface area contributed by atoms with Crippen molar-refractivity contribution in [2.45, 2.75) is 26.2 Å². The first-order valence-electron chi connectivity index (χ1n) is 9.85. The lowest BCUT2D eigenvalue weighted by atomic mass is 9.87. The van der Waals surface area contributed by atoms with Crippen LogP contribution in [0.4, 0.5) is 11.4 Å². The Balaban J connectivity index is 1.74. The number of benzene rings is 3. The minimum Gasteiger partial charge on any atom is -0.494 e. The van der Waals surface area contributed by atoms with Gasteiger partial charge in [-0.05, 0) is 47.4 Å². The number of ether oxygens (including phenoxy) is 1. The van der Waals surface area contributed by atoms with Crippen molar-refractivity contribution >= 4 is 34.8 Å². The van der Waals surface area contributed by atoms with E-state index in [2.05, 4.69) is 31.4 Å². The number of methoxy groups -OCH3 is 1. The molecule has 6 heteroatoms. The van der Waals surface area contributed by atoms with Crippen molar-refractivity contribution in [3.63, 3.8) is 0 Å². The molecular formula is C25H25ClN2O3. The number of anilines is 2. The molecule has 0 heterocycles. The van der Waals surface area contributed by atoms with Gasteiger partial charge in [0.1, 0.15) is 5.75 Å². The molecule has 160 valence electrons. The third-order valence-electron chi connectivity index (χ3n) is 4.84. The number of hydrogen-bond donors (Lipinski definition) is 2. The molecule has 0 radical (unpaired) electrons. The molecule has 5 nitrogen and oxygen atoms in total. The molecule has 31 heavy (non-hydrogen) atoms. The predicted molar refractivity (Wildman–Crippen MR) is 125 cm³/mol. The minimum atomic E-state index is -0.348. The molecule has 3 rings (SSSR count). The van der Waals surface area contributed by atoms with E-state index in [9.17, 15) is 9.59 Å². The summed E-state index contributed by atoms with van der Waals surface area (Å²) in [4.78, 5) is 25.2. The zero-order chi connectivity index (χ0) is 22.6. The van der Waals surface area contributed by atoms with Gasteiger partial charge in [0.25, 0.3) is 11.8 Å². The van der Waals surface area contributed by atoms with Crippen LogP contribution in [0.1, 0.15) is 47.1 Å². The Hall–Kier alpha value is -3.31. The molecule has 0 aliphatic rings. The summed E-state index contributed by atoms with van der Waals surface area (Å²) in [7, 11) is 1.50.